The zero-order chi connectivity index (χ0) is 13.5. The number of rotatable bonds is 7. The molecule has 0 bridgehead atoms. The maximum Gasteiger partial charge on any atom is 0.0462 e. The molecule has 102 valence electrons. The van der Waals surface area contributed by atoms with Crippen LogP contribution >= 0.6 is 0 Å². The van der Waals surface area contributed by atoms with Crippen LogP contribution in [0, 0.1) is 5.92 Å². The molecular formula is C15H27N3. The van der Waals surface area contributed by atoms with Gasteiger partial charge in [-0.1, -0.05) is 38.8 Å². The van der Waals surface area contributed by atoms with E-state index in [2.05, 4.69) is 62.5 Å². The largest absolute Gasteiger partial charge is 0.378 e. The smallest absolute Gasteiger partial charge is 0.0462 e. The Kier molecular flexibility index (Phi) is 6.16. The first kappa shape index (κ1) is 15.0. The fourth-order valence-electron chi connectivity index (χ4n) is 2.26. The van der Waals surface area contributed by atoms with Crippen molar-refractivity contribution < 1.29 is 0 Å². The standard InChI is InChI=1S/C15H27N3/c1-5-12(6-2)11-15(17-16)13-7-9-14(10-8-13)18(3)4/h7-10,12,15,17H,5-6,11,16H2,1-4H3. The summed E-state index contributed by atoms with van der Waals surface area (Å²) >= 11 is 0. The summed E-state index contributed by atoms with van der Waals surface area (Å²) in [6.45, 7) is 4.49. The molecule has 0 spiro atoms. The molecular weight excluding hydrogens is 222 g/mol. The Labute approximate surface area is 111 Å². The maximum atomic E-state index is 5.70. The second-order valence-electron chi connectivity index (χ2n) is 5.12. The molecule has 1 aromatic rings. The van der Waals surface area contributed by atoms with E-state index >= 15 is 0 Å². The van der Waals surface area contributed by atoms with Gasteiger partial charge in [-0.15, -0.1) is 0 Å². The Balaban J connectivity index is 2.75. The predicted octanol–water partition coefficient (Wildman–Crippen LogP) is 3.08. The second-order valence-corrected chi connectivity index (χ2v) is 5.12. The van der Waals surface area contributed by atoms with Gasteiger partial charge in [0.25, 0.3) is 0 Å². The third-order valence-corrected chi connectivity index (χ3v) is 3.74. The molecule has 1 atom stereocenters. The van der Waals surface area contributed by atoms with Crippen molar-refractivity contribution in [2.75, 3.05) is 19.0 Å². The van der Waals surface area contributed by atoms with E-state index in [9.17, 15) is 0 Å². The average molecular weight is 249 g/mol. The first-order chi connectivity index (χ1) is 8.62. The highest BCUT2D eigenvalue weighted by atomic mass is 15.2. The number of anilines is 1. The van der Waals surface area contributed by atoms with E-state index in [1.54, 1.807) is 0 Å². The zero-order valence-electron chi connectivity index (χ0n) is 12.1. The molecule has 0 amide bonds. The summed E-state index contributed by atoms with van der Waals surface area (Å²) in [5.41, 5.74) is 5.45. The summed E-state index contributed by atoms with van der Waals surface area (Å²) in [6.07, 6.45) is 3.53. The minimum absolute atomic E-state index is 0.256. The molecule has 3 N–H and O–H groups in total. The molecule has 0 fully saturated rings. The van der Waals surface area contributed by atoms with E-state index in [4.69, 9.17) is 5.84 Å². The normalized spacial score (nSPS) is 12.8. The van der Waals surface area contributed by atoms with Gasteiger partial charge in [-0.05, 0) is 30.0 Å². The van der Waals surface area contributed by atoms with Crippen molar-refractivity contribution in [3.05, 3.63) is 29.8 Å². The number of nitrogens with two attached hydrogens (primary N) is 1. The highest BCUT2D eigenvalue weighted by molar-refractivity contribution is 5.46. The van der Waals surface area contributed by atoms with E-state index in [1.807, 2.05) is 0 Å². The van der Waals surface area contributed by atoms with Gasteiger partial charge in [-0.3, -0.25) is 11.3 Å². The summed E-state index contributed by atoms with van der Waals surface area (Å²) in [4.78, 5) is 2.11. The molecule has 3 heteroatoms. The monoisotopic (exact) mass is 249 g/mol. The number of nitrogens with zero attached hydrogens (tertiary/aromatic N) is 1. The molecule has 1 unspecified atom stereocenters. The number of hydrogen-bond donors (Lipinski definition) is 2. The third kappa shape index (κ3) is 4.00. The van der Waals surface area contributed by atoms with Crippen LogP contribution in [-0.2, 0) is 0 Å². The molecule has 1 rings (SSSR count). The van der Waals surface area contributed by atoms with Crippen LogP contribution < -0.4 is 16.2 Å². The van der Waals surface area contributed by atoms with Gasteiger partial charge < -0.3 is 4.90 Å². The summed E-state index contributed by atoms with van der Waals surface area (Å²) in [6, 6.07) is 8.88. The van der Waals surface area contributed by atoms with E-state index in [1.165, 1.54) is 24.1 Å². The summed E-state index contributed by atoms with van der Waals surface area (Å²) in [5, 5.41) is 0. The maximum absolute atomic E-state index is 5.70. The van der Waals surface area contributed by atoms with Crippen molar-refractivity contribution in [1.29, 1.82) is 0 Å². The van der Waals surface area contributed by atoms with Gasteiger partial charge in [0, 0.05) is 25.8 Å². The van der Waals surface area contributed by atoms with E-state index in [0.29, 0.717) is 0 Å². The molecule has 3 nitrogen and oxygen atoms in total. The average Bonchev–Trinajstić information content (AvgIpc) is 2.40. The Bertz CT molecular complexity index is 328. The molecule has 0 aliphatic carbocycles. The van der Waals surface area contributed by atoms with Crippen LogP contribution in [0.1, 0.15) is 44.7 Å². The quantitative estimate of drug-likeness (QED) is 0.576. The summed E-state index contributed by atoms with van der Waals surface area (Å²) < 4.78 is 0. The van der Waals surface area contributed by atoms with Gasteiger partial charge in [-0.2, -0.15) is 0 Å². The van der Waals surface area contributed by atoms with Crippen molar-refractivity contribution in [3.63, 3.8) is 0 Å². The van der Waals surface area contributed by atoms with Gasteiger partial charge in [0.1, 0.15) is 0 Å². The number of benzene rings is 1. The molecule has 0 heterocycles. The summed E-state index contributed by atoms with van der Waals surface area (Å²) in [5.74, 6) is 6.44. The topological polar surface area (TPSA) is 41.3 Å². The van der Waals surface area contributed by atoms with Crippen molar-refractivity contribution in [2.45, 2.75) is 39.2 Å². The molecule has 0 saturated heterocycles. The number of hydrazine groups is 1. The molecule has 0 aliphatic heterocycles. The Hall–Kier alpha value is -1.06. The molecule has 0 aliphatic rings. The van der Waals surface area contributed by atoms with E-state index < -0.39 is 0 Å². The van der Waals surface area contributed by atoms with Crippen LogP contribution in [0.5, 0.6) is 0 Å². The SMILES string of the molecule is CCC(CC)CC(NN)c1ccc(N(C)C)cc1. The lowest BCUT2D eigenvalue weighted by Gasteiger charge is -2.22. The molecule has 0 saturated carbocycles. The Morgan fingerprint density at radius 1 is 1.11 bits per heavy atom. The lowest BCUT2D eigenvalue weighted by molar-refractivity contribution is 0.375. The number of nitrogens with one attached hydrogen (secondary N) is 1. The summed E-state index contributed by atoms with van der Waals surface area (Å²) in [7, 11) is 4.11. The molecule has 18 heavy (non-hydrogen) atoms. The van der Waals surface area contributed by atoms with Crippen LogP contribution in [0.4, 0.5) is 5.69 Å². The van der Waals surface area contributed by atoms with Gasteiger partial charge in [0.05, 0.1) is 0 Å². The van der Waals surface area contributed by atoms with Gasteiger partial charge in [0.15, 0.2) is 0 Å². The highest BCUT2D eigenvalue weighted by Gasteiger charge is 2.14. The first-order valence-electron chi connectivity index (χ1n) is 6.85. The minimum Gasteiger partial charge on any atom is -0.378 e. The fourth-order valence-corrected chi connectivity index (χ4v) is 2.26. The van der Waals surface area contributed by atoms with Crippen molar-refractivity contribution >= 4 is 5.69 Å². The van der Waals surface area contributed by atoms with Crippen LogP contribution in [0.2, 0.25) is 0 Å². The second kappa shape index (κ2) is 7.39. The van der Waals surface area contributed by atoms with Crippen molar-refractivity contribution in [3.8, 4) is 0 Å². The Morgan fingerprint density at radius 2 is 1.67 bits per heavy atom. The van der Waals surface area contributed by atoms with E-state index in [-0.39, 0.29) is 6.04 Å². The first-order valence-corrected chi connectivity index (χ1v) is 6.85. The number of hydrogen-bond acceptors (Lipinski definition) is 3. The highest BCUT2D eigenvalue weighted by Crippen LogP contribution is 2.25. The van der Waals surface area contributed by atoms with Crippen molar-refractivity contribution in [1.82, 2.24) is 5.43 Å². The van der Waals surface area contributed by atoms with Gasteiger partial charge in [0.2, 0.25) is 0 Å². The molecule has 0 radical (unpaired) electrons. The van der Waals surface area contributed by atoms with Gasteiger partial charge in [-0.25, -0.2) is 0 Å². The zero-order valence-corrected chi connectivity index (χ0v) is 12.1. The van der Waals surface area contributed by atoms with E-state index in [0.717, 1.165) is 12.3 Å². The van der Waals surface area contributed by atoms with Crippen LogP contribution in [0.15, 0.2) is 24.3 Å². The lowest BCUT2D eigenvalue weighted by Crippen LogP contribution is -2.29. The van der Waals surface area contributed by atoms with Crippen LogP contribution in [0.3, 0.4) is 0 Å². The molecule has 1 aromatic carbocycles. The predicted molar refractivity (Wildman–Crippen MR) is 79.5 cm³/mol. The van der Waals surface area contributed by atoms with Gasteiger partial charge >= 0.3 is 0 Å². The Morgan fingerprint density at radius 3 is 2.06 bits per heavy atom. The molecule has 0 aromatic heterocycles. The van der Waals surface area contributed by atoms with Crippen LogP contribution in [-0.4, -0.2) is 14.1 Å². The van der Waals surface area contributed by atoms with Crippen LogP contribution in [0.25, 0.3) is 0 Å². The minimum atomic E-state index is 0.256. The fraction of sp³-hybridized carbons (Fsp3) is 0.600. The lowest BCUT2D eigenvalue weighted by atomic mass is 9.91. The third-order valence-electron chi connectivity index (χ3n) is 3.74. The van der Waals surface area contributed by atoms with Crippen molar-refractivity contribution in [2.24, 2.45) is 11.8 Å².